The maximum atomic E-state index is 11.6. The van der Waals surface area contributed by atoms with E-state index >= 15 is 0 Å². The maximum absolute atomic E-state index is 11.6. The Labute approximate surface area is 112 Å². The van der Waals surface area contributed by atoms with Crippen molar-refractivity contribution in [1.29, 1.82) is 0 Å². The average Bonchev–Trinajstić information content (AvgIpc) is 2.28. The van der Waals surface area contributed by atoms with Gasteiger partial charge in [-0.05, 0) is 19.4 Å². The molecule has 0 aliphatic carbocycles. The molecule has 1 aliphatic heterocycles. The number of nitrogens with zero attached hydrogens (tertiary/aromatic N) is 1. The molecule has 0 amide bonds. The fourth-order valence-corrected chi connectivity index (χ4v) is 3.55. The van der Waals surface area contributed by atoms with Crippen LogP contribution >= 0.6 is 11.8 Å². The third-order valence-electron chi connectivity index (χ3n) is 3.17. The molecule has 1 fully saturated rings. The Kier molecular flexibility index (Phi) is 3.97. The van der Waals surface area contributed by atoms with E-state index < -0.39 is 12.0 Å². The molecular formula is C14H19NO2S. The van der Waals surface area contributed by atoms with Crippen LogP contribution in [-0.4, -0.2) is 39.6 Å². The van der Waals surface area contributed by atoms with Gasteiger partial charge in [0.1, 0.15) is 6.04 Å². The molecule has 0 spiro atoms. The van der Waals surface area contributed by atoms with Gasteiger partial charge < -0.3 is 5.11 Å². The van der Waals surface area contributed by atoms with Gasteiger partial charge in [0.05, 0.1) is 0 Å². The third-order valence-corrected chi connectivity index (χ3v) is 4.47. The lowest BCUT2D eigenvalue weighted by molar-refractivity contribution is -0.143. The first kappa shape index (κ1) is 13.4. The number of hydrogen-bond acceptors (Lipinski definition) is 3. The van der Waals surface area contributed by atoms with Crippen molar-refractivity contribution in [3.05, 3.63) is 35.9 Å². The standard InChI is InChI=1S/C14H19NO2S/c1-14(2)10-15(8-9-18-14)12(13(16)17)11-6-4-3-5-7-11/h3-7,12H,8-10H2,1-2H3,(H,16,17). The summed E-state index contributed by atoms with van der Waals surface area (Å²) in [6, 6.07) is 8.98. The second-order valence-corrected chi connectivity index (χ2v) is 7.03. The van der Waals surface area contributed by atoms with Crippen LogP contribution in [0.4, 0.5) is 0 Å². The molecule has 0 bridgehead atoms. The molecule has 2 rings (SSSR count). The normalized spacial score (nSPS) is 21.4. The molecule has 1 N–H and O–H groups in total. The predicted octanol–water partition coefficient (Wildman–Crippen LogP) is 2.64. The van der Waals surface area contributed by atoms with E-state index in [1.807, 2.05) is 42.1 Å². The summed E-state index contributed by atoms with van der Waals surface area (Å²) < 4.78 is 0.126. The van der Waals surface area contributed by atoms with E-state index in [1.165, 1.54) is 0 Å². The molecule has 1 unspecified atom stereocenters. The fraction of sp³-hybridized carbons (Fsp3) is 0.500. The Balaban J connectivity index is 2.23. The van der Waals surface area contributed by atoms with Gasteiger partial charge in [0.25, 0.3) is 0 Å². The van der Waals surface area contributed by atoms with Gasteiger partial charge in [0.2, 0.25) is 0 Å². The molecule has 0 radical (unpaired) electrons. The molecule has 4 heteroatoms. The average molecular weight is 265 g/mol. The summed E-state index contributed by atoms with van der Waals surface area (Å²) in [5, 5.41) is 9.50. The van der Waals surface area contributed by atoms with Gasteiger partial charge >= 0.3 is 5.97 Å². The van der Waals surface area contributed by atoms with Crippen LogP contribution in [0.2, 0.25) is 0 Å². The highest BCUT2D eigenvalue weighted by Crippen LogP contribution is 2.34. The molecule has 1 saturated heterocycles. The molecule has 0 aromatic heterocycles. The molecule has 1 aromatic rings. The van der Waals surface area contributed by atoms with Gasteiger partial charge in [-0.2, -0.15) is 11.8 Å². The number of carboxylic acid groups (broad SMARTS) is 1. The molecule has 18 heavy (non-hydrogen) atoms. The minimum atomic E-state index is -0.760. The van der Waals surface area contributed by atoms with Crippen molar-refractivity contribution in [2.45, 2.75) is 24.6 Å². The first-order valence-corrected chi connectivity index (χ1v) is 7.14. The Hall–Kier alpha value is -1.00. The molecule has 3 nitrogen and oxygen atoms in total. The first-order valence-electron chi connectivity index (χ1n) is 6.15. The lowest BCUT2D eigenvalue weighted by Gasteiger charge is -2.40. The highest BCUT2D eigenvalue weighted by Gasteiger charge is 2.35. The number of rotatable bonds is 3. The Bertz CT molecular complexity index is 419. The van der Waals surface area contributed by atoms with Crippen LogP contribution in [0.15, 0.2) is 30.3 Å². The first-order chi connectivity index (χ1) is 8.49. The van der Waals surface area contributed by atoms with Crippen LogP contribution in [0.1, 0.15) is 25.5 Å². The van der Waals surface area contributed by atoms with Gasteiger partial charge in [-0.15, -0.1) is 0 Å². The van der Waals surface area contributed by atoms with E-state index in [0.717, 1.165) is 24.4 Å². The monoisotopic (exact) mass is 265 g/mol. The SMILES string of the molecule is CC1(C)CN(C(C(=O)O)c2ccccc2)CCS1. The van der Waals surface area contributed by atoms with Crippen molar-refractivity contribution < 1.29 is 9.90 Å². The van der Waals surface area contributed by atoms with Crippen molar-refractivity contribution >= 4 is 17.7 Å². The number of hydrogen-bond donors (Lipinski definition) is 1. The van der Waals surface area contributed by atoms with Gasteiger partial charge in [-0.3, -0.25) is 9.69 Å². The van der Waals surface area contributed by atoms with E-state index in [1.54, 1.807) is 0 Å². The van der Waals surface area contributed by atoms with Crippen LogP contribution < -0.4 is 0 Å². The molecule has 1 aliphatic rings. The summed E-state index contributed by atoms with van der Waals surface area (Å²) in [6.07, 6.45) is 0. The molecule has 0 saturated carbocycles. The van der Waals surface area contributed by atoms with Crippen molar-refractivity contribution in [3.8, 4) is 0 Å². The predicted molar refractivity (Wildman–Crippen MR) is 74.9 cm³/mol. The summed E-state index contributed by atoms with van der Waals surface area (Å²) in [5.41, 5.74) is 0.868. The maximum Gasteiger partial charge on any atom is 0.325 e. The summed E-state index contributed by atoms with van der Waals surface area (Å²) in [5.74, 6) is 0.229. The van der Waals surface area contributed by atoms with E-state index in [2.05, 4.69) is 18.7 Å². The summed E-state index contributed by atoms with van der Waals surface area (Å²) >= 11 is 1.91. The quantitative estimate of drug-likeness (QED) is 0.912. The van der Waals surface area contributed by atoms with Crippen molar-refractivity contribution in [2.75, 3.05) is 18.8 Å². The smallest absolute Gasteiger partial charge is 0.325 e. The van der Waals surface area contributed by atoms with E-state index in [0.29, 0.717) is 0 Å². The number of benzene rings is 1. The topological polar surface area (TPSA) is 40.5 Å². The minimum absolute atomic E-state index is 0.126. The van der Waals surface area contributed by atoms with E-state index in [-0.39, 0.29) is 4.75 Å². The zero-order chi connectivity index (χ0) is 13.2. The third kappa shape index (κ3) is 3.06. The van der Waals surface area contributed by atoms with Crippen molar-refractivity contribution in [1.82, 2.24) is 4.90 Å². The molecular weight excluding hydrogens is 246 g/mol. The van der Waals surface area contributed by atoms with E-state index in [9.17, 15) is 9.90 Å². The van der Waals surface area contributed by atoms with Crippen LogP contribution in [0.3, 0.4) is 0 Å². The number of carbonyl (C=O) groups is 1. The highest BCUT2D eigenvalue weighted by molar-refractivity contribution is 8.00. The van der Waals surface area contributed by atoms with Crippen LogP contribution in [0.25, 0.3) is 0 Å². The van der Waals surface area contributed by atoms with Crippen LogP contribution in [-0.2, 0) is 4.79 Å². The second kappa shape index (κ2) is 5.33. The van der Waals surface area contributed by atoms with Crippen molar-refractivity contribution in [2.24, 2.45) is 0 Å². The van der Waals surface area contributed by atoms with Crippen LogP contribution in [0.5, 0.6) is 0 Å². The Morgan fingerprint density at radius 2 is 2.06 bits per heavy atom. The largest absolute Gasteiger partial charge is 0.480 e. The van der Waals surface area contributed by atoms with Gasteiger partial charge in [0.15, 0.2) is 0 Å². The molecule has 1 atom stereocenters. The van der Waals surface area contributed by atoms with Gasteiger partial charge in [-0.1, -0.05) is 30.3 Å². The lowest BCUT2D eigenvalue weighted by Crippen LogP contribution is -2.46. The minimum Gasteiger partial charge on any atom is -0.480 e. The lowest BCUT2D eigenvalue weighted by atomic mass is 10.0. The fourth-order valence-electron chi connectivity index (χ4n) is 2.42. The zero-order valence-electron chi connectivity index (χ0n) is 10.8. The second-order valence-electron chi connectivity index (χ2n) is 5.23. The Morgan fingerprint density at radius 3 is 2.61 bits per heavy atom. The van der Waals surface area contributed by atoms with Crippen LogP contribution in [0, 0.1) is 0 Å². The van der Waals surface area contributed by atoms with Gasteiger partial charge in [-0.25, -0.2) is 0 Å². The van der Waals surface area contributed by atoms with E-state index in [4.69, 9.17) is 0 Å². The number of thioether (sulfide) groups is 1. The summed E-state index contributed by atoms with van der Waals surface area (Å²) in [6.45, 7) is 5.99. The summed E-state index contributed by atoms with van der Waals surface area (Å²) in [4.78, 5) is 13.6. The molecule has 1 aromatic carbocycles. The number of aliphatic carboxylic acids is 1. The Morgan fingerprint density at radius 1 is 1.39 bits per heavy atom. The molecule has 98 valence electrons. The van der Waals surface area contributed by atoms with Gasteiger partial charge in [0, 0.05) is 23.6 Å². The zero-order valence-corrected chi connectivity index (χ0v) is 11.6. The summed E-state index contributed by atoms with van der Waals surface area (Å²) in [7, 11) is 0. The highest BCUT2D eigenvalue weighted by atomic mass is 32.2. The molecule has 1 heterocycles. The van der Waals surface area contributed by atoms with Crippen molar-refractivity contribution in [3.63, 3.8) is 0 Å². The number of carboxylic acids is 1.